The van der Waals surface area contributed by atoms with Gasteiger partial charge in [-0.15, -0.1) is 0 Å². The van der Waals surface area contributed by atoms with Gasteiger partial charge in [0, 0.05) is 29.2 Å². The lowest BCUT2D eigenvalue weighted by molar-refractivity contribution is -0.137. The quantitative estimate of drug-likeness (QED) is 0.0758. The molecule has 0 saturated carbocycles. The van der Waals surface area contributed by atoms with Crippen molar-refractivity contribution in [3.8, 4) is 12.1 Å². The van der Waals surface area contributed by atoms with Crippen LogP contribution in [-0.4, -0.2) is 72.5 Å². The molecule has 0 fully saturated rings. The van der Waals surface area contributed by atoms with Crippen molar-refractivity contribution >= 4 is 64.8 Å². The second kappa shape index (κ2) is 23.4. The molecule has 428 valence electrons. The van der Waals surface area contributed by atoms with Gasteiger partial charge in [0.1, 0.15) is 53.1 Å². The number of nitrogens with one attached hydrogen (secondary N) is 3. The van der Waals surface area contributed by atoms with Crippen LogP contribution in [0.15, 0.2) is 115 Å². The van der Waals surface area contributed by atoms with Crippen LogP contribution in [0.25, 0.3) is 0 Å². The molecular formula is C52H54F6N8O11S3. The molecule has 6 rings (SSSR count). The lowest BCUT2D eigenvalue weighted by Crippen LogP contribution is -2.44. The predicted octanol–water partition coefficient (Wildman–Crippen LogP) is 9.78. The number of hydrogen-bond donors (Lipinski definition) is 3. The monoisotopic (exact) mass is 1180 g/mol. The fourth-order valence-electron chi connectivity index (χ4n) is 6.21. The highest BCUT2D eigenvalue weighted by Gasteiger charge is 2.47. The van der Waals surface area contributed by atoms with Gasteiger partial charge in [-0.25, -0.2) is 43.4 Å². The van der Waals surface area contributed by atoms with Gasteiger partial charge < -0.3 is 19.7 Å². The highest BCUT2D eigenvalue weighted by molar-refractivity contribution is 7.94. The maximum absolute atomic E-state index is 14.2. The molecule has 19 nitrogen and oxygen atoms in total. The van der Waals surface area contributed by atoms with Crippen molar-refractivity contribution in [3.05, 3.63) is 137 Å². The fraction of sp³-hybridized carbons (Fsp3) is 0.346. The van der Waals surface area contributed by atoms with Crippen LogP contribution in [0, 0.1) is 40.1 Å². The highest BCUT2D eigenvalue weighted by Crippen LogP contribution is 2.34. The minimum atomic E-state index is -4.62. The van der Waals surface area contributed by atoms with E-state index in [4.69, 9.17) is 19.6 Å². The normalized spacial score (nSPS) is 12.6. The van der Waals surface area contributed by atoms with Gasteiger partial charge in [0.05, 0.1) is 39.4 Å². The fourth-order valence-corrected chi connectivity index (χ4v) is 10.4. The number of alkyl halides is 3. The summed E-state index contributed by atoms with van der Waals surface area (Å²) in [6.45, 7) is 18.4. The van der Waals surface area contributed by atoms with Crippen molar-refractivity contribution in [3.63, 3.8) is 0 Å². The highest BCUT2D eigenvalue weighted by atomic mass is 32.2. The Kier molecular flexibility index (Phi) is 18.9. The van der Waals surface area contributed by atoms with E-state index in [2.05, 4.69) is 31.2 Å². The number of amides is 3. The van der Waals surface area contributed by atoms with E-state index in [9.17, 15) is 66.0 Å². The van der Waals surface area contributed by atoms with Gasteiger partial charge >= 0.3 is 6.18 Å². The van der Waals surface area contributed by atoms with Crippen LogP contribution in [0.5, 0.6) is 0 Å². The van der Waals surface area contributed by atoms with Crippen molar-refractivity contribution < 1.29 is 75.0 Å². The number of hydrogen-bond acceptors (Lipinski definition) is 16. The number of pyridine rings is 1. The molecule has 0 aliphatic rings. The van der Waals surface area contributed by atoms with E-state index in [1.165, 1.54) is 39.8 Å². The van der Waals surface area contributed by atoms with Crippen LogP contribution in [0.2, 0.25) is 0 Å². The second-order valence-corrected chi connectivity index (χ2v) is 28.4. The van der Waals surface area contributed by atoms with Crippen LogP contribution < -0.4 is 16.0 Å². The van der Waals surface area contributed by atoms with E-state index in [-0.39, 0.29) is 44.4 Å². The van der Waals surface area contributed by atoms with Crippen LogP contribution in [0.3, 0.4) is 0 Å². The van der Waals surface area contributed by atoms with Gasteiger partial charge in [-0.3, -0.25) is 19.7 Å². The van der Waals surface area contributed by atoms with E-state index in [1.807, 2.05) is 41.5 Å². The Labute approximate surface area is 457 Å². The van der Waals surface area contributed by atoms with Gasteiger partial charge in [0.25, 0.3) is 0 Å². The molecule has 0 unspecified atom stereocenters. The van der Waals surface area contributed by atoms with Crippen molar-refractivity contribution in [2.24, 2.45) is 0 Å². The summed E-state index contributed by atoms with van der Waals surface area (Å²) in [7, 11) is -13.0. The first-order chi connectivity index (χ1) is 36.5. The number of rotatable bonds is 12. The van der Waals surface area contributed by atoms with Gasteiger partial charge in [0.2, 0.25) is 23.6 Å². The summed E-state index contributed by atoms with van der Waals surface area (Å²) in [6, 6.07) is 17.9. The third-order valence-electron chi connectivity index (χ3n) is 11.8. The predicted molar refractivity (Wildman–Crippen MR) is 278 cm³/mol. The molecule has 0 bridgehead atoms. The summed E-state index contributed by atoms with van der Waals surface area (Å²) in [5.41, 5.74) is -1.16. The van der Waals surface area contributed by atoms with E-state index in [0.717, 1.165) is 74.5 Å². The maximum Gasteiger partial charge on any atom is 0.417 e. The molecule has 3 N–H and O–H groups in total. The van der Waals surface area contributed by atoms with Crippen LogP contribution >= 0.6 is 0 Å². The molecule has 0 saturated heterocycles. The second-order valence-electron chi connectivity index (χ2n) is 21.0. The smallest absolute Gasteiger partial charge is 0.359 e. The zero-order valence-corrected chi connectivity index (χ0v) is 47.3. The zero-order chi connectivity index (χ0) is 61.0. The molecule has 0 spiro atoms. The minimum Gasteiger partial charge on any atom is -0.359 e. The van der Waals surface area contributed by atoms with Crippen LogP contribution in [-0.2, 0) is 60.9 Å². The number of aromatic nitrogens is 3. The largest absolute Gasteiger partial charge is 0.417 e. The minimum absolute atomic E-state index is 0.0222. The van der Waals surface area contributed by atoms with E-state index in [0.29, 0.717) is 23.7 Å². The molecule has 80 heavy (non-hydrogen) atoms. The molecule has 0 aliphatic heterocycles. The molecule has 28 heteroatoms. The number of sulfone groups is 3. The maximum atomic E-state index is 14.2. The molecule has 0 radical (unpaired) electrons. The van der Waals surface area contributed by atoms with E-state index in [1.54, 1.807) is 18.2 Å². The number of halogens is 6. The van der Waals surface area contributed by atoms with Gasteiger partial charge in [0.15, 0.2) is 35.3 Å². The Morgan fingerprint density at radius 2 is 0.975 bits per heavy atom. The van der Waals surface area contributed by atoms with Gasteiger partial charge in [-0.05, 0) is 114 Å². The lowest BCUT2D eigenvalue weighted by atomic mass is 9.92. The molecule has 3 amide bonds. The number of benzene rings is 3. The van der Waals surface area contributed by atoms with Gasteiger partial charge in [-0.2, -0.15) is 23.7 Å². The molecular weight excluding hydrogens is 1120 g/mol. The summed E-state index contributed by atoms with van der Waals surface area (Å²) < 4.78 is 160. The Balaban J connectivity index is 0.000000259. The van der Waals surface area contributed by atoms with Crippen molar-refractivity contribution in [2.75, 3.05) is 16.0 Å². The summed E-state index contributed by atoms with van der Waals surface area (Å²) in [6.07, 6.45) is -4.14. The van der Waals surface area contributed by atoms with E-state index >= 15 is 0 Å². The van der Waals surface area contributed by atoms with E-state index < -0.39 is 100 Å². The van der Waals surface area contributed by atoms with Crippen molar-refractivity contribution in [1.29, 1.82) is 10.5 Å². The molecule has 3 aromatic heterocycles. The number of nitriles is 2. The first-order valence-electron chi connectivity index (χ1n) is 23.3. The molecule has 0 atom stereocenters. The first-order valence-corrected chi connectivity index (χ1v) is 27.7. The Hall–Kier alpha value is -7.95. The number of carbonyl (C=O) groups is 3. The topological polar surface area (TPSA) is 302 Å². The lowest BCUT2D eigenvalue weighted by Gasteiger charge is -2.24. The average molecular weight is 1180 g/mol. The number of anilines is 3. The Morgan fingerprint density at radius 3 is 1.35 bits per heavy atom. The molecule has 6 aromatic rings. The SMILES string of the molecule is CC(C)(C(=O)Nc1ccc(C(F)(F)F)cn1)S(=O)(=O)c1ccc(C#N)cc1F.CC(C)(C)c1cc(NC(=O)C(C)(C)S(=O)(=O)c2ccc(C#N)cc2F)no1.CC(C)(C)c1cc(NC(=O)C(C)(C)S(=O)(=O)c2ccc(F)cc2)on1. The summed E-state index contributed by atoms with van der Waals surface area (Å²) in [4.78, 5) is 39.4. The van der Waals surface area contributed by atoms with Crippen LogP contribution in [0.1, 0.15) is 111 Å². The Morgan fingerprint density at radius 1 is 0.525 bits per heavy atom. The van der Waals surface area contributed by atoms with Crippen molar-refractivity contribution in [1.82, 2.24) is 15.3 Å². The first kappa shape index (κ1) is 64.6. The summed E-state index contributed by atoms with van der Waals surface area (Å²) >= 11 is 0. The molecule has 3 aromatic carbocycles. The molecule has 0 aliphatic carbocycles. The Bertz CT molecular complexity index is 3740. The van der Waals surface area contributed by atoms with Crippen LogP contribution in [0.4, 0.5) is 43.9 Å². The standard InChI is InChI=1S/C18H20FN3O4S.C17H13F4N3O3S.C17H21FN2O4S/c1-17(2,3)14-9-15(22-26-14)21-16(23)18(4,5)27(24,25)13-7-6-11(10-20)8-12(13)19;1-16(2,28(26,27)13-5-3-10(8-22)7-12(13)18)15(25)24-14-6-4-11(9-23-14)17(19,20)21;1-16(2,3)13-10-14(24-20-13)19-15(21)17(4,5)25(22,23)12-8-6-11(18)7-9-12/h6-9H,1-5H3,(H,21,22,23);3-7,9H,1-2H3,(H,23,24,25);6-10H,1-5H3,(H,19,21). The van der Waals surface area contributed by atoms with Gasteiger partial charge in [-0.1, -0.05) is 51.9 Å². The zero-order valence-electron chi connectivity index (χ0n) is 44.9. The van der Waals surface area contributed by atoms with Crippen molar-refractivity contribution in [2.45, 2.75) is 129 Å². The number of nitrogens with zero attached hydrogens (tertiary/aromatic N) is 5. The third kappa shape index (κ3) is 14.3. The number of carbonyl (C=O) groups excluding carboxylic acids is 3. The average Bonchev–Trinajstić information content (AvgIpc) is 4.05. The summed E-state index contributed by atoms with van der Waals surface area (Å²) in [5.74, 6) is -5.29. The molecule has 3 heterocycles. The third-order valence-corrected chi connectivity index (χ3v) is 19.1. The summed E-state index contributed by atoms with van der Waals surface area (Å²) in [5, 5.41) is 32.0.